The fraction of sp³-hybridized carbons (Fsp3) is 0.292. The van der Waals surface area contributed by atoms with E-state index in [1.165, 1.54) is 0 Å². The van der Waals surface area contributed by atoms with Gasteiger partial charge in [-0.05, 0) is 57.0 Å². The molecule has 3 aromatic rings. The van der Waals surface area contributed by atoms with Crippen LogP contribution in [0.1, 0.15) is 42.2 Å². The Hall–Kier alpha value is -3.61. The smallest absolute Gasteiger partial charge is 0.251 e. The lowest BCUT2D eigenvalue weighted by molar-refractivity contribution is 0.0953. The van der Waals surface area contributed by atoms with Crippen LogP contribution in [-0.2, 0) is 0 Å². The molecule has 2 aromatic heterocycles. The van der Waals surface area contributed by atoms with Gasteiger partial charge in [0.2, 0.25) is 0 Å². The van der Waals surface area contributed by atoms with E-state index in [1.807, 2.05) is 50.2 Å². The van der Waals surface area contributed by atoms with Crippen molar-refractivity contribution in [2.75, 3.05) is 13.2 Å². The molecule has 1 aliphatic heterocycles. The molecule has 0 bridgehead atoms. The van der Waals surface area contributed by atoms with E-state index in [1.54, 1.807) is 12.4 Å². The summed E-state index contributed by atoms with van der Waals surface area (Å²) in [6, 6.07) is 11.4. The average molecular weight is 415 g/mol. The molecule has 7 nitrogen and oxygen atoms in total. The summed E-state index contributed by atoms with van der Waals surface area (Å²) in [5.41, 5.74) is 4.96. The molecule has 1 aliphatic rings. The van der Waals surface area contributed by atoms with Crippen molar-refractivity contribution < 1.29 is 9.53 Å². The molecule has 0 atom stereocenters. The normalized spacial score (nSPS) is 12.8. The second-order valence-corrected chi connectivity index (χ2v) is 7.39. The van der Waals surface area contributed by atoms with Crippen LogP contribution in [0.15, 0.2) is 52.8 Å². The molecule has 31 heavy (non-hydrogen) atoms. The molecule has 7 heteroatoms. The lowest BCUT2D eigenvalue weighted by Gasteiger charge is -2.12. The number of carbonyl (C=O) groups excluding carboxylic acids is 1. The highest BCUT2D eigenvalue weighted by atomic mass is 16.5. The Labute approximate surface area is 181 Å². The third kappa shape index (κ3) is 4.94. The van der Waals surface area contributed by atoms with Crippen LogP contribution in [-0.4, -0.2) is 41.0 Å². The number of carbonyl (C=O) groups is 1. The van der Waals surface area contributed by atoms with Crippen molar-refractivity contribution in [1.29, 1.82) is 0 Å². The van der Waals surface area contributed by atoms with Gasteiger partial charge in [-0.3, -0.25) is 9.78 Å². The number of ether oxygens (including phenoxy) is 1. The van der Waals surface area contributed by atoms with Crippen LogP contribution in [0, 0.1) is 6.92 Å². The van der Waals surface area contributed by atoms with Gasteiger partial charge in [-0.15, -0.1) is 0 Å². The second kappa shape index (κ2) is 9.47. The molecule has 0 saturated carbocycles. The number of hydrogen-bond donors (Lipinski definition) is 1. The zero-order chi connectivity index (χ0) is 21.6. The molecule has 1 amide bonds. The summed E-state index contributed by atoms with van der Waals surface area (Å²) in [7, 11) is 0. The maximum Gasteiger partial charge on any atom is 0.251 e. The highest BCUT2D eigenvalue weighted by Gasteiger charge is 2.13. The minimum absolute atomic E-state index is 0.117. The summed E-state index contributed by atoms with van der Waals surface area (Å²) >= 11 is 0. The molecule has 0 aliphatic carbocycles. The highest BCUT2D eigenvalue weighted by Crippen LogP contribution is 2.30. The maximum atomic E-state index is 12.7. The molecule has 0 unspecified atom stereocenters. The molecule has 3 heterocycles. The van der Waals surface area contributed by atoms with Crippen LogP contribution in [0.4, 0.5) is 0 Å². The second-order valence-electron chi connectivity index (χ2n) is 7.39. The summed E-state index contributed by atoms with van der Waals surface area (Å²) < 4.78 is 5.85. The number of pyridine rings is 2. The van der Waals surface area contributed by atoms with Crippen LogP contribution in [0.3, 0.4) is 0 Å². The van der Waals surface area contributed by atoms with E-state index in [0.717, 1.165) is 53.1 Å². The van der Waals surface area contributed by atoms with Gasteiger partial charge in [-0.25, -0.2) is 4.98 Å². The molecule has 0 spiro atoms. The first-order valence-electron chi connectivity index (χ1n) is 10.5. The number of nitrogens with zero attached hydrogens (tertiary/aromatic N) is 4. The Bertz CT molecular complexity index is 1150. The van der Waals surface area contributed by atoms with Crippen LogP contribution in [0.2, 0.25) is 0 Å². The number of aryl methyl sites for hydroxylation is 1. The van der Waals surface area contributed by atoms with Gasteiger partial charge in [0, 0.05) is 59.4 Å². The van der Waals surface area contributed by atoms with Crippen LogP contribution in [0.25, 0.3) is 22.2 Å². The lowest BCUT2D eigenvalue weighted by atomic mass is 10.1. The Morgan fingerprint density at radius 1 is 1.19 bits per heavy atom. The molecule has 1 N–H and O–H groups in total. The standard InChI is InChI=1S/C24H25N5O2/c1-3-31-23-14-21(18-7-6-16(2)26-15-18)28-22-13-17(8-9-20(22)23)24(30)25-11-4-5-19-10-12-27-29-19/h6-9,12-15H,3-5,10-11H2,1-2H3,(H,25,30). The minimum atomic E-state index is -0.117. The topological polar surface area (TPSA) is 88.8 Å². The van der Waals surface area contributed by atoms with Gasteiger partial charge in [0.05, 0.1) is 17.8 Å². The van der Waals surface area contributed by atoms with Gasteiger partial charge in [0.1, 0.15) is 5.75 Å². The summed E-state index contributed by atoms with van der Waals surface area (Å²) in [4.78, 5) is 21.8. The number of nitrogens with one attached hydrogen (secondary N) is 1. The molecule has 0 radical (unpaired) electrons. The van der Waals surface area contributed by atoms with Gasteiger partial charge in [-0.2, -0.15) is 10.2 Å². The largest absolute Gasteiger partial charge is 0.493 e. The predicted molar refractivity (Wildman–Crippen MR) is 123 cm³/mol. The molecule has 1 aromatic carbocycles. The number of amides is 1. The van der Waals surface area contributed by atoms with Crippen molar-refractivity contribution in [3.8, 4) is 17.0 Å². The van der Waals surface area contributed by atoms with Crippen LogP contribution in [0.5, 0.6) is 5.75 Å². The van der Waals surface area contributed by atoms with E-state index < -0.39 is 0 Å². The SMILES string of the molecule is CCOc1cc(-c2ccc(C)nc2)nc2cc(C(=O)NCCCC3=NN=CC3)ccc12. The zero-order valence-electron chi connectivity index (χ0n) is 17.8. The first-order chi connectivity index (χ1) is 15.1. The third-order valence-corrected chi connectivity index (χ3v) is 5.08. The van der Waals surface area contributed by atoms with Gasteiger partial charge < -0.3 is 10.1 Å². The van der Waals surface area contributed by atoms with Crippen molar-refractivity contribution in [3.05, 3.63) is 53.9 Å². The molecule has 4 rings (SSSR count). The quantitative estimate of drug-likeness (QED) is 0.554. The number of hydrogen-bond acceptors (Lipinski definition) is 6. The van der Waals surface area contributed by atoms with E-state index in [-0.39, 0.29) is 5.91 Å². The van der Waals surface area contributed by atoms with Crippen LogP contribution < -0.4 is 10.1 Å². The summed E-state index contributed by atoms with van der Waals surface area (Å²) in [6.07, 6.45) is 6.08. The molecule has 0 saturated heterocycles. The Morgan fingerprint density at radius 2 is 2.10 bits per heavy atom. The lowest BCUT2D eigenvalue weighted by Crippen LogP contribution is -2.24. The Morgan fingerprint density at radius 3 is 2.84 bits per heavy atom. The van der Waals surface area contributed by atoms with Gasteiger partial charge >= 0.3 is 0 Å². The van der Waals surface area contributed by atoms with Crippen molar-refractivity contribution >= 4 is 28.7 Å². The fourth-order valence-electron chi connectivity index (χ4n) is 3.44. The van der Waals surface area contributed by atoms with Gasteiger partial charge in [0.25, 0.3) is 5.91 Å². The highest BCUT2D eigenvalue weighted by molar-refractivity contribution is 6.00. The molecule has 158 valence electrons. The average Bonchev–Trinajstić information content (AvgIpc) is 3.30. The minimum Gasteiger partial charge on any atom is -0.493 e. The predicted octanol–water partition coefficient (Wildman–Crippen LogP) is 4.34. The van der Waals surface area contributed by atoms with E-state index >= 15 is 0 Å². The zero-order valence-corrected chi connectivity index (χ0v) is 17.8. The number of fused-ring (bicyclic) bond motifs is 1. The van der Waals surface area contributed by atoms with Gasteiger partial charge in [-0.1, -0.05) is 0 Å². The van der Waals surface area contributed by atoms with Crippen molar-refractivity contribution in [2.45, 2.75) is 33.1 Å². The van der Waals surface area contributed by atoms with Gasteiger partial charge in [0.15, 0.2) is 0 Å². The van der Waals surface area contributed by atoms with E-state index in [0.29, 0.717) is 24.2 Å². The number of rotatable bonds is 8. The van der Waals surface area contributed by atoms with Crippen molar-refractivity contribution in [3.63, 3.8) is 0 Å². The van der Waals surface area contributed by atoms with E-state index in [9.17, 15) is 4.79 Å². The van der Waals surface area contributed by atoms with E-state index in [4.69, 9.17) is 9.72 Å². The Balaban J connectivity index is 1.54. The maximum absolute atomic E-state index is 12.7. The van der Waals surface area contributed by atoms with Crippen LogP contribution >= 0.6 is 0 Å². The first-order valence-corrected chi connectivity index (χ1v) is 10.5. The third-order valence-electron chi connectivity index (χ3n) is 5.08. The first kappa shape index (κ1) is 20.7. The molecular formula is C24H25N5O2. The summed E-state index contributed by atoms with van der Waals surface area (Å²) in [5.74, 6) is 0.628. The summed E-state index contributed by atoms with van der Waals surface area (Å²) in [6.45, 7) is 5.03. The Kier molecular flexibility index (Phi) is 6.31. The van der Waals surface area contributed by atoms with Crippen molar-refractivity contribution in [2.24, 2.45) is 10.2 Å². The number of aromatic nitrogens is 2. The molecule has 0 fully saturated rings. The monoisotopic (exact) mass is 415 g/mol. The summed E-state index contributed by atoms with van der Waals surface area (Å²) in [5, 5.41) is 11.8. The fourth-order valence-corrected chi connectivity index (χ4v) is 3.44. The van der Waals surface area contributed by atoms with Crippen molar-refractivity contribution in [1.82, 2.24) is 15.3 Å². The van der Waals surface area contributed by atoms with E-state index in [2.05, 4.69) is 20.5 Å². The molecular weight excluding hydrogens is 390 g/mol. The number of benzene rings is 1.